The molecule has 0 aromatic heterocycles. The van der Waals surface area contributed by atoms with Crippen molar-refractivity contribution in [3.05, 3.63) is 65.2 Å². The van der Waals surface area contributed by atoms with Gasteiger partial charge in [0.2, 0.25) is 5.91 Å². The van der Waals surface area contributed by atoms with E-state index >= 15 is 0 Å². The molecule has 0 bridgehead atoms. The second-order valence-corrected chi connectivity index (χ2v) is 7.16. The lowest BCUT2D eigenvalue weighted by Gasteiger charge is -2.25. The summed E-state index contributed by atoms with van der Waals surface area (Å²) in [7, 11) is 3.29. The van der Waals surface area contributed by atoms with E-state index in [-0.39, 0.29) is 58.9 Å². The number of phenolic OH excluding ortho intramolecular Hbond substituents is 1. The van der Waals surface area contributed by atoms with Gasteiger partial charge in [0.1, 0.15) is 18.0 Å². The molecule has 2 aromatic carbocycles. The Hall–Kier alpha value is -4.85. The molecule has 0 atom stereocenters. The summed E-state index contributed by atoms with van der Waals surface area (Å²) < 4.78 is 11.5. The first-order valence-corrected chi connectivity index (χ1v) is 9.69. The van der Waals surface area contributed by atoms with E-state index in [1.165, 1.54) is 23.1 Å². The molecule has 0 radical (unpaired) electrons. The van der Waals surface area contributed by atoms with Gasteiger partial charge in [0, 0.05) is 25.7 Å². The standard InChI is InChI=1S/C22H18N6O5/c1-28(2)21(31)13-4-3-5-14(9-13)32-22-26-19-18(25-17(30)11-24-19)20(27-22)33-16-8-12(10-23)6-7-15(16)29/h3-9,29H,11H2,1-2H3,(H,25,30)(H,24,26,27). The number of nitrogens with one attached hydrogen (secondary N) is 2. The van der Waals surface area contributed by atoms with Crippen molar-refractivity contribution in [2.45, 2.75) is 0 Å². The van der Waals surface area contributed by atoms with E-state index in [0.29, 0.717) is 11.3 Å². The summed E-state index contributed by atoms with van der Waals surface area (Å²) in [5, 5.41) is 24.7. The minimum atomic E-state index is -0.374. The van der Waals surface area contributed by atoms with Crippen molar-refractivity contribution in [3.8, 4) is 23.3 Å². The Balaban J connectivity index is 1.68. The smallest absolute Gasteiger partial charge is 0.304 e. The molecule has 2 aliphatic rings. The van der Waals surface area contributed by atoms with E-state index in [1.54, 1.807) is 38.4 Å². The monoisotopic (exact) mass is 446 g/mol. The predicted octanol–water partition coefficient (Wildman–Crippen LogP) is 1.08. The highest BCUT2D eigenvalue weighted by Crippen LogP contribution is 2.30. The summed E-state index contributed by atoms with van der Waals surface area (Å²) in [6.07, 6.45) is 0. The van der Waals surface area contributed by atoms with E-state index < -0.39 is 0 Å². The zero-order valence-electron chi connectivity index (χ0n) is 17.6. The molecule has 0 aliphatic carbocycles. The van der Waals surface area contributed by atoms with Crippen molar-refractivity contribution in [2.24, 2.45) is 9.98 Å². The number of aliphatic imine (C=N–C) groups is 2. The van der Waals surface area contributed by atoms with Crippen LogP contribution in [0.5, 0.6) is 17.2 Å². The van der Waals surface area contributed by atoms with E-state index in [1.807, 2.05) is 6.07 Å². The van der Waals surface area contributed by atoms with Crippen LogP contribution in [0.15, 0.2) is 64.0 Å². The summed E-state index contributed by atoms with van der Waals surface area (Å²) >= 11 is 0. The van der Waals surface area contributed by atoms with Crippen LogP contribution in [0.4, 0.5) is 0 Å². The fourth-order valence-corrected chi connectivity index (χ4v) is 2.96. The van der Waals surface area contributed by atoms with E-state index in [2.05, 4.69) is 20.6 Å². The number of fused-ring (bicyclic) bond motifs is 1. The molecule has 0 spiro atoms. The van der Waals surface area contributed by atoms with Gasteiger partial charge >= 0.3 is 6.02 Å². The molecule has 33 heavy (non-hydrogen) atoms. The summed E-state index contributed by atoms with van der Waals surface area (Å²) in [5.74, 6) is -0.384. The zero-order valence-corrected chi connectivity index (χ0v) is 17.6. The number of hydrogen-bond donors (Lipinski definition) is 3. The molecule has 166 valence electrons. The van der Waals surface area contributed by atoms with Crippen molar-refractivity contribution < 1.29 is 24.2 Å². The average molecular weight is 446 g/mol. The van der Waals surface area contributed by atoms with Gasteiger partial charge in [0.05, 0.1) is 11.6 Å². The Bertz CT molecular complexity index is 1290. The number of carbonyl (C=O) groups is 2. The van der Waals surface area contributed by atoms with Gasteiger partial charge in [-0.25, -0.2) is 0 Å². The van der Waals surface area contributed by atoms with Gasteiger partial charge in [0.15, 0.2) is 17.3 Å². The third-order valence-corrected chi connectivity index (χ3v) is 4.52. The van der Waals surface area contributed by atoms with Crippen LogP contribution in [-0.2, 0) is 4.79 Å². The Kier molecular flexibility index (Phi) is 5.65. The minimum absolute atomic E-state index is 0.0333. The first-order valence-electron chi connectivity index (χ1n) is 9.69. The molecule has 0 saturated heterocycles. The van der Waals surface area contributed by atoms with E-state index in [4.69, 9.17) is 14.7 Å². The molecular formula is C22H18N6O5. The van der Waals surface area contributed by atoms with E-state index in [9.17, 15) is 14.7 Å². The van der Waals surface area contributed by atoms with Crippen molar-refractivity contribution in [1.82, 2.24) is 15.5 Å². The Morgan fingerprint density at radius 3 is 2.76 bits per heavy atom. The van der Waals surface area contributed by atoms with Crippen LogP contribution in [0.3, 0.4) is 0 Å². The maximum Gasteiger partial charge on any atom is 0.304 e. The molecule has 2 aromatic rings. The first kappa shape index (κ1) is 21.4. The molecule has 0 unspecified atom stereocenters. The van der Waals surface area contributed by atoms with Gasteiger partial charge in [-0.1, -0.05) is 6.07 Å². The van der Waals surface area contributed by atoms with Gasteiger partial charge in [-0.05, 0) is 30.3 Å². The third kappa shape index (κ3) is 4.59. The maximum absolute atomic E-state index is 12.2. The lowest BCUT2D eigenvalue weighted by molar-refractivity contribution is -0.119. The number of ether oxygens (including phenoxy) is 2. The minimum Gasteiger partial charge on any atom is -0.504 e. The van der Waals surface area contributed by atoms with Crippen LogP contribution in [0.2, 0.25) is 0 Å². The van der Waals surface area contributed by atoms with Crippen molar-refractivity contribution >= 4 is 23.7 Å². The first-order chi connectivity index (χ1) is 15.8. The average Bonchev–Trinajstić information content (AvgIpc) is 2.80. The summed E-state index contributed by atoms with van der Waals surface area (Å²) in [6, 6.07) is 12.5. The highest BCUT2D eigenvalue weighted by Gasteiger charge is 2.29. The second kappa shape index (κ2) is 8.72. The number of nitriles is 1. The molecule has 2 aliphatic heterocycles. The van der Waals surface area contributed by atoms with Gasteiger partial charge in [-0.15, -0.1) is 0 Å². The number of benzene rings is 2. The number of aromatic hydroxyl groups is 1. The number of nitrogens with zero attached hydrogens (tertiary/aromatic N) is 4. The Morgan fingerprint density at radius 2 is 2.00 bits per heavy atom. The molecule has 0 saturated carbocycles. The number of rotatable bonds is 4. The number of hydrogen-bond acceptors (Lipinski definition) is 9. The van der Waals surface area contributed by atoms with Crippen LogP contribution in [-0.4, -0.2) is 54.3 Å². The van der Waals surface area contributed by atoms with E-state index in [0.717, 1.165) is 0 Å². The highest BCUT2D eigenvalue weighted by molar-refractivity contribution is 6.13. The zero-order chi connectivity index (χ0) is 23.5. The maximum atomic E-state index is 12.2. The SMILES string of the molecule is CN(C)C(=O)c1cccc(OC2=NC(Oc3cc(C#N)ccc3O)=C3NC(=O)CN=C3N2)c1. The second-order valence-electron chi connectivity index (χ2n) is 7.16. The summed E-state index contributed by atoms with van der Waals surface area (Å²) in [5.41, 5.74) is 0.825. The lowest BCUT2D eigenvalue weighted by Crippen LogP contribution is -2.48. The van der Waals surface area contributed by atoms with Gasteiger partial charge in [-0.3, -0.25) is 19.9 Å². The fourth-order valence-electron chi connectivity index (χ4n) is 2.96. The highest BCUT2D eigenvalue weighted by atomic mass is 16.5. The quantitative estimate of drug-likeness (QED) is 0.636. The van der Waals surface area contributed by atoms with Crippen LogP contribution in [0.1, 0.15) is 15.9 Å². The fraction of sp³-hybridized carbons (Fsp3) is 0.136. The summed E-state index contributed by atoms with van der Waals surface area (Å²) in [4.78, 5) is 34.0. The molecular weight excluding hydrogens is 428 g/mol. The van der Waals surface area contributed by atoms with Crippen LogP contribution in [0.25, 0.3) is 0 Å². The van der Waals surface area contributed by atoms with Crippen LogP contribution >= 0.6 is 0 Å². The number of amidine groups is 2. The number of amides is 2. The lowest BCUT2D eigenvalue weighted by atomic mass is 10.2. The number of carbonyl (C=O) groups excluding carboxylic acids is 2. The van der Waals surface area contributed by atoms with Crippen LogP contribution in [0, 0.1) is 11.3 Å². The predicted molar refractivity (Wildman–Crippen MR) is 117 cm³/mol. The normalized spacial score (nSPS) is 14.6. The molecule has 3 N–H and O–H groups in total. The molecule has 4 rings (SSSR count). The molecule has 11 heteroatoms. The molecule has 2 heterocycles. The van der Waals surface area contributed by atoms with Crippen LogP contribution < -0.4 is 20.1 Å². The van der Waals surface area contributed by atoms with Crippen molar-refractivity contribution in [1.29, 1.82) is 5.26 Å². The Morgan fingerprint density at radius 1 is 1.18 bits per heavy atom. The summed E-state index contributed by atoms with van der Waals surface area (Å²) in [6.45, 7) is -0.117. The molecule has 0 fully saturated rings. The topological polar surface area (TPSA) is 149 Å². The van der Waals surface area contributed by atoms with Gasteiger partial charge < -0.3 is 24.8 Å². The van der Waals surface area contributed by atoms with Gasteiger partial charge in [0.25, 0.3) is 11.8 Å². The molecule has 2 amide bonds. The van der Waals surface area contributed by atoms with Crippen molar-refractivity contribution in [3.63, 3.8) is 0 Å². The van der Waals surface area contributed by atoms with Gasteiger partial charge in [-0.2, -0.15) is 10.3 Å². The van der Waals surface area contributed by atoms with Crippen molar-refractivity contribution in [2.75, 3.05) is 20.6 Å². The third-order valence-electron chi connectivity index (χ3n) is 4.52. The largest absolute Gasteiger partial charge is 0.504 e. The molecule has 11 nitrogen and oxygen atoms in total. The Labute approximate surface area is 188 Å². The number of phenols is 1.